The molecule has 1 unspecified atom stereocenters. The van der Waals surface area contributed by atoms with Gasteiger partial charge in [-0.1, -0.05) is 19.1 Å². The van der Waals surface area contributed by atoms with Crippen LogP contribution in [0.2, 0.25) is 0 Å². The van der Waals surface area contributed by atoms with Crippen molar-refractivity contribution < 1.29 is 18.5 Å². The highest BCUT2D eigenvalue weighted by Gasteiger charge is 2.30. The SMILES string of the molecule is COc1cc(C)c2c(ccn2C(=O)OC(C)(C)C)c1CN1CC[C@@H](C)CC1c1ccc([S@](C)(=N)=O)cc1. The van der Waals surface area contributed by atoms with E-state index in [2.05, 4.69) is 11.8 Å². The summed E-state index contributed by atoms with van der Waals surface area (Å²) in [5.74, 6) is 1.39. The molecule has 4 rings (SSSR count). The minimum atomic E-state index is -2.75. The third-order valence-corrected chi connectivity index (χ3v) is 8.26. The van der Waals surface area contributed by atoms with Crippen LogP contribution in [-0.2, 0) is 21.0 Å². The van der Waals surface area contributed by atoms with Crippen molar-refractivity contribution in [2.75, 3.05) is 19.9 Å². The van der Waals surface area contributed by atoms with Crippen LogP contribution in [0, 0.1) is 17.6 Å². The number of ether oxygens (including phenoxy) is 2. The summed E-state index contributed by atoms with van der Waals surface area (Å²) < 4.78 is 33.2. The zero-order chi connectivity index (χ0) is 27.1. The maximum absolute atomic E-state index is 13.0. The van der Waals surface area contributed by atoms with E-state index >= 15 is 0 Å². The van der Waals surface area contributed by atoms with Crippen LogP contribution in [0.1, 0.15) is 63.3 Å². The van der Waals surface area contributed by atoms with Gasteiger partial charge in [-0.05, 0) is 88.4 Å². The standard InChI is InChI=1S/C29H39N3O4S/c1-19-12-14-31(25(16-19)21-8-10-22(11-9-21)37(7,30)34)18-24-23-13-15-32(28(33)36-29(3,4)5)27(23)20(2)17-26(24)35-6/h8-11,13,15,17,19,25,30H,12,14,16,18H2,1-7H3/t19-,25?,37-/m1/s1. The predicted octanol–water partition coefficient (Wildman–Crippen LogP) is 6.75. The van der Waals surface area contributed by atoms with Gasteiger partial charge in [-0.2, -0.15) is 0 Å². The van der Waals surface area contributed by atoms with Crippen molar-refractivity contribution in [1.82, 2.24) is 9.47 Å². The van der Waals surface area contributed by atoms with E-state index in [4.69, 9.17) is 14.3 Å². The molecule has 1 saturated heterocycles. The molecule has 0 aliphatic carbocycles. The number of carbonyl (C=O) groups excluding carboxylic acids is 1. The first-order valence-electron chi connectivity index (χ1n) is 12.8. The van der Waals surface area contributed by atoms with Crippen molar-refractivity contribution in [1.29, 1.82) is 4.78 Å². The summed E-state index contributed by atoms with van der Waals surface area (Å²) in [7, 11) is -1.06. The van der Waals surface area contributed by atoms with Gasteiger partial charge >= 0.3 is 6.09 Å². The van der Waals surface area contributed by atoms with Crippen LogP contribution in [0.4, 0.5) is 4.79 Å². The molecule has 37 heavy (non-hydrogen) atoms. The van der Waals surface area contributed by atoms with Crippen LogP contribution in [0.5, 0.6) is 5.75 Å². The Labute approximate surface area is 220 Å². The number of hydrogen-bond acceptors (Lipinski definition) is 6. The minimum absolute atomic E-state index is 0.186. The molecule has 0 spiro atoms. The predicted molar refractivity (Wildman–Crippen MR) is 148 cm³/mol. The number of piperidine rings is 1. The molecule has 3 atom stereocenters. The second-order valence-electron chi connectivity index (χ2n) is 11.3. The van der Waals surface area contributed by atoms with E-state index in [9.17, 15) is 9.00 Å². The number of carbonyl (C=O) groups is 1. The molecule has 1 fully saturated rings. The molecule has 1 N–H and O–H groups in total. The Morgan fingerprint density at radius 3 is 2.46 bits per heavy atom. The highest BCUT2D eigenvalue weighted by Crippen LogP contribution is 2.39. The van der Waals surface area contributed by atoms with Crippen molar-refractivity contribution in [3.8, 4) is 5.75 Å². The molecule has 0 saturated carbocycles. The lowest BCUT2D eigenvalue weighted by atomic mass is 9.87. The molecule has 2 aromatic carbocycles. The maximum atomic E-state index is 13.0. The largest absolute Gasteiger partial charge is 0.496 e. The Morgan fingerprint density at radius 2 is 1.86 bits per heavy atom. The third kappa shape index (κ3) is 5.85. The molecule has 8 heteroatoms. The second kappa shape index (κ2) is 10.1. The van der Waals surface area contributed by atoms with E-state index in [-0.39, 0.29) is 6.04 Å². The van der Waals surface area contributed by atoms with Gasteiger partial charge in [0.1, 0.15) is 11.4 Å². The molecule has 1 aliphatic heterocycles. The Balaban J connectivity index is 1.74. The van der Waals surface area contributed by atoms with E-state index in [1.54, 1.807) is 17.9 Å². The summed E-state index contributed by atoms with van der Waals surface area (Å²) in [6.07, 6.45) is 4.95. The zero-order valence-corrected chi connectivity index (χ0v) is 23.8. The lowest BCUT2D eigenvalue weighted by Crippen LogP contribution is -2.36. The number of methoxy groups -OCH3 is 1. The number of rotatable bonds is 5. The van der Waals surface area contributed by atoms with E-state index in [0.29, 0.717) is 17.4 Å². The van der Waals surface area contributed by atoms with Gasteiger partial charge in [-0.15, -0.1) is 0 Å². The van der Waals surface area contributed by atoms with Gasteiger partial charge in [0.25, 0.3) is 0 Å². The van der Waals surface area contributed by atoms with E-state index < -0.39 is 21.4 Å². The van der Waals surface area contributed by atoms with Gasteiger partial charge in [-0.25, -0.2) is 13.8 Å². The van der Waals surface area contributed by atoms with Crippen molar-refractivity contribution in [2.45, 2.75) is 70.5 Å². The van der Waals surface area contributed by atoms with Gasteiger partial charge in [-0.3, -0.25) is 9.47 Å². The quantitative estimate of drug-likeness (QED) is 0.398. The second-order valence-corrected chi connectivity index (χ2v) is 13.5. The number of fused-ring (bicyclic) bond motifs is 1. The smallest absolute Gasteiger partial charge is 0.419 e. The summed E-state index contributed by atoms with van der Waals surface area (Å²) >= 11 is 0. The summed E-state index contributed by atoms with van der Waals surface area (Å²) in [6, 6.07) is 11.9. The first kappa shape index (κ1) is 27.2. The van der Waals surface area contributed by atoms with Crippen LogP contribution in [0.3, 0.4) is 0 Å². The average Bonchev–Trinajstić information content (AvgIpc) is 3.26. The van der Waals surface area contributed by atoms with E-state index in [0.717, 1.165) is 52.7 Å². The number of likely N-dealkylation sites (tertiary alicyclic amines) is 1. The lowest BCUT2D eigenvalue weighted by Gasteiger charge is -2.39. The normalized spacial score (nSPS) is 20.5. The summed E-state index contributed by atoms with van der Waals surface area (Å²) in [4.78, 5) is 16.0. The number of aromatic nitrogens is 1. The molecule has 0 radical (unpaired) electrons. The fraction of sp³-hybridized carbons (Fsp3) is 0.483. The Kier molecular flexibility index (Phi) is 7.45. The van der Waals surface area contributed by atoms with Gasteiger partial charge in [0.2, 0.25) is 0 Å². The molecule has 3 aromatic rings. The molecule has 0 amide bonds. The minimum Gasteiger partial charge on any atom is -0.496 e. The highest BCUT2D eigenvalue weighted by molar-refractivity contribution is 7.91. The molecule has 0 bridgehead atoms. The van der Waals surface area contributed by atoms with Crippen LogP contribution in [-0.4, -0.2) is 45.3 Å². The third-order valence-electron chi connectivity index (χ3n) is 7.09. The molecule has 200 valence electrons. The molecule has 2 heterocycles. The van der Waals surface area contributed by atoms with Crippen molar-refractivity contribution in [2.24, 2.45) is 5.92 Å². The van der Waals surface area contributed by atoms with Gasteiger partial charge < -0.3 is 9.47 Å². The summed E-state index contributed by atoms with van der Waals surface area (Å²) in [5.41, 5.74) is 3.40. The molecular formula is C29H39N3O4S. The van der Waals surface area contributed by atoms with Crippen LogP contribution in [0.25, 0.3) is 10.9 Å². The highest BCUT2D eigenvalue weighted by atomic mass is 32.2. The first-order valence-corrected chi connectivity index (χ1v) is 14.7. The van der Waals surface area contributed by atoms with E-state index in [1.807, 2.05) is 64.1 Å². The number of aryl methyl sites for hydroxylation is 1. The molecule has 1 aliphatic rings. The molecule has 7 nitrogen and oxygen atoms in total. The number of nitrogens with one attached hydrogen (secondary N) is 1. The van der Waals surface area contributed by atoms with Gasteiger partial charge in [0.15, 0.2) is 0 Å². The van der Waals surface area contributed by atoms with Gasteiger partial charge in [0, 0.05) is 40.9 Å². The number of hydrogen-bond donors (Lipinski definition) is 1. The fourth-order valence-electron chi connectivity index (χ4n) is 5.25. The van der Waals surface area contributed by atoms with Gasteiger partial charge in [0.05, 0.1) is 22.4 Å². The van der Waals surface area contributed by atoms with E-state index in [1.165, 1.54) is 6.26 Å². The Bertz CT molecular complexity index is 1400. The topological polar surface area (TPSA) is 84.6 Å². The zero-order valence-electron chi connectivity index (χ0n) is 23.0. The van der Waals surface area contributed by atoms with Crippen LogP contribution < -0.4 is 4.74 Å². The molecule has 1 aromatic heterocycles. The van der Waals surface area contributed by atoms with Crippen molar-refractivity contribution >= 4 is 26.7 Å². The first-order chi connectivity index (χ1) is 17.3. The Hall–Kier alpha value is -2.84. The monoisotopic (exact) mass is 525 g/mol. The van der Waals surface area contributed by atoms with Crippen LogP contribution >= 0.6 is 0 Å². The lowest BCUT2D eigenvalue weighted by molar-refractivity contribution is 0.0544. The summed E-state index contributed by atoms with van der Waals surface area (Å²) in [5, 5.41) is 0.982. The van der Waals surface area contributed by atoms with Crippen molar-refractivity contribution in [3.05, 3.63) is 59.3 Å². The number of benzene rings is 2. The number of nitrogens with zero attached hydrogens (tertiary/aromatic N) is 2. The average molecular weight is 526 g/mol. The maximum Gasteiger partial charge on any atom is 0.419 e. The molecular weight excluding hydrogens is 486 g/mol. The fourth-order valence-corrected chi connectivity index (χ4v) is 5.91. The summed E-state index contributed by atoms with van der Waals surface area (Å²) in [6.45, 7) is 11.5. The van der Waals surface area contributed by atoms with Crippen LogP contribution in [0.15, 0.2) is 47.5 Å². The Morgan fingerprint density at radius 1 is 1.19 bits per heavy atom. The van der Waals surface area contributed by atoms with Crippen molar-refractivity contribution in [3.63, 3.8) is 0 Å².